The fourth-order valence-electron chi connectivity index (χ4n) is 5.69. The van der Waals surface area contributed by atoms with Crippen LogP contribution < -0.4 is 10.1 Å². The van der Waals surface area contributed by atoms with E-state index in [1.807, 2.05) is 29.5 Å². The molecule has 1 atom stereocenters. The van der Waals surface area contributed by atoms with E-state index in [-0.39, 0.29) is 25.0 Å². The lowest BCUT2D eigenvalue weighted by Gasteiger charge is -2.32. The molecule has 35 heavy (non-hydrogen) atoms. The van der Waals surface area contributed by atoms with E-state index < -0.39 is 5.97 Å². The molecular weight excluding hydrogens is 458 g/mol. The van der Waals surface area contributed by atoms with Crippen molar-refractivity contribution >= 4 is 23.2 Å². The number of benzene rings is 1. The molecular formula is C29H39NO4S. The van der Waals surface area contributed by atoms with Crippen LogP contribution in [0.2, 0.25) is 0 Å². The molecule has 0 spiro atoms. The highest BCUT2D eigenvalue weighted by Gasteiger charge is 2.32. The number of carbonyl (C=O) groups excluding carboxylic acids is 1. The van der Waals surface area contributed by atoms with Gasteiger partial charge in [0.25, 0.3) is 5.91 Å². The predicted octanol–water partition coefficient (Wildman–Crippen LogP) is 7.26. The number of nitrogens with one attached hydrogen (secondary N) is 1. The fraction of sp³-hybridized carbons (Fsp3) is 0.586. The smallest absolute Gasteiger partial charge is 0.305 e. The lowest BCUT2D eigenvalue weighted by molar-refractivity contribution is -0.136. The molecule has 2 N–H and O–H groups in total. The molecule has 2 aliphatic rings. The van der Waals surface area contributed by atoms with E-state index in [1.165, 1.54) is 66.7 Å². The topological polar surface area (TPSA) is 75.6 Å². The molecule has 0 saturated heterocycles. The zero-order valence-corrected chi connectivity index (χ0v) is 21.7. The van der Waals surface area contributed by atoms with E-state index >= 15 is 0 Å². The summed E-state index contributed by atoms with van der Waals surface area (Å²) >= 11 is 1.98. The zero-order valence-electron chi connectivity index (χ0n) is 20.9. The van der Waals surface area contributed by atoms with E-state index in [2.05, 4.69) is 18.3 Å². The predicted molar refractivity (Wildman–Crippen MR) is 140 cm³/mol. The Balaban J connectivity index is 1.62. The van der Waals surface area contributed by atoms with E-state index in [4.69, 9.17) is 9.84 Å². The van der Waals surface area contributed by atoms with Crippen LogP contribution in [-0.2, 0) is 11.2 Å². The first-order chi connectivity index (χ1) is 17.1. The Morgan fingerprint density at radius 2 is 1.74 bits per heavy atom. The number of aliphatic carboxylic acids is 1. The molecule has 1 amide bonds. The number of amides is 1. The Bertz CT molecular complexity index is 988. The van der Waals surface area contributed by atoms with Crippen molar-refractivity contribution in [3.05, 3.63) is 51.2 Å². The Labute approximate surface area is 213 Å². The van der Waals surface area contributed by atoms with Gasteiger partial charge in [-0.15, -0.1) is 11.3 Å². The standard InChI is InChI=1S/C29H39NO4S/c1-2-25-23(19-26(35-25)20-11-5-3-6-12-20)28(21-13-7-4-8-14-21)34-24-16-10-9-15-22(24)29(33)30-18-17-27(31)32/h9-10,15-16,19-21,28H,2-8,11-14,17-18H2,1H3,(H,30,33)(H,31,32). The van der Waals surface area contributed by atoms with Gasteiger partial charge in [-0.25, -0.2) is 0 Å². The fourth-order valence-corrected chi connectivity index (χ4v) is 7.00. The van der Waals surface area contributed by atoms with E-state index in [0.717, 1.165) is 19.3 Å². The summed E-state index contributed by atoms with van der Waals surface area (Å²) in [6.45, 7) is 2.34. The summed E-state index contributed by atoms with van der Waals surface area (Å²) in [7, 11) is 0. The van der Waals surface area contributed by atoms with Crippen LogP contribution >= 0.6 is 11.3 Å². The SMILES string of the molecule is CCc1sc(C2CCCCC2)cc1C(Oc1ccccc1C(=O)NCCC(=O)O)C1CCCCC1. The maximum absolute atomic E-state index is 12.9. The van der Waals surface area contributed by atoms with Crippen molar-refractivity contribution in [1.29, 1.82) is 0 Å². The number of hydrogen-bond donors (Lipinski definition) is 2. The van der Waals surface area contributed by atoms with E-state index in [9.17, 15) is 9.59 Å². The second kappa shape index (κ2) is 12.6. The number of rotatable bonds is 10. The molecule has 5 nitrogen and oxygen atoms in total. The first-order valence-corrected chi connectivity index (χ1v) is 14.3. The third-order valence-corrected chi connectivity index (χ3v) is 9.04. The molecule has 4 rings (SSSR count). The molecule has 190 valence electrons. The van der Waals surface area contributed by atoms with Gasteiger partial charge < -0.3 is 15.2 Å². The molecule has 2 aliphatic carbocycles. The quantitative estimate of drug-likeness (QED) is 0.362. The third-order valence-electron chi connectivity index (χ3n) is 7.58. The largest absolute Gasteiger partial charge is 0.485 e. The van der Waals surface area contributed by atoms with E-state index in [0.29, 0.717) is 23.1 Å². The van der Waals surface area contributed by atoms with Crippen LogP contribution in [0.15, 0.2) is 30.3 Å². The van der Waals surface area contributed by atoms with Crippen LogP contribution in [-0.4, -0.2) is 23.5 Å². The second-order valence-corrected chi connectivity index (χ2v) is 11.2. The highest BCUT2D eigenvalue weighted by Crippen LogP contribution is 2.45. The van der Waals surface area contributed by atoms with Crippen LogP contribution in [0, 0.1) is 5.92 Å². The summed E-state index contributed by atoms with van der Waals surface area (Å²) in [6, 6.07) is 9.82. The molecule has 1 heterocycles. The van der Waals surface area contributed by atoms with Crippen LogP contribution in [0.5, 0.6) is 5.75 Å². The number of ether oxygens (including phenoxy) is 1. The minimum absolute atomic E-state index is 0.0631. The average molecular weight is 498 g/mol. The average Bonchev–Trinajstić information content (AvgIpc) is 3.32. The normalized spacial score (nSPS) is 18.2. The van der Waals surface area contributed by atoms with Crippen LogP contribution in [0.1, 0.15) is 115 Å². The molecule has 0 radical (unpaired) electrons. The molecule has 0 aliphatic heterocycles. The molecule has 0 bridgehead atoms. The number of carboxylic acid groups (broad SMARTS) is 1. The Morgan fingerprint density at radius 3 is 2.43 bits per heavy atom. The molecule has 2 aromatic rings. The van der Waals surface area contributed by atoms with Gasteiger partial charge in [0, 0.05) is 27.8 Å². The van der Waals surface area contributed by atoms with Crippen molar-refractivity contribution in [3.63, 3.8) is 0 Å². The first kappa shape index (κ1) is 25.7. The number of para-hydroxylation sites is 1. The van der Waals surface area contributed by atoms with Crippen molar-refractivity contribution in [1.82, 2.24) is 5.32 Å². The van der Waals surface area contributed by atoms with Gasteiger partial charge in [-0.1, -0.05) is 57.6 Å². The summed E-state index contributed by atoms with van der Waals surface area (Å²) in [5.41, 5.74) is 1.80. The summed E-state index contributed by atoms with van der Waals surface area (Å²) in [5, 5.41) is 11.6. The van der Waals surface area contributed by atoms with Crippen molar-refractivity contribution in [3.8, 4) is 5.75 Å². The molecule has 1 aromatic heterocycles. The van der Waals surface area contributed by atoms with Gasteiger partial charge >= 0.3 is 5.97 Å². The van der Waals surface area contributed by atoms with Gasteiger partial charge in [0.2, 0.25) is 0 Å². The van der Waals surface area contributed by atoms with Crippen LogP contribution in [0.25, 0.3) is 0 Å². The number of carboxylic acids is 1. The molecule has 2 fully saturated rings. The van der Waals surface area contributed by atoms with Crippen molar-refractivity contribution < 1.29 is 19.4 Å². The zero-order chi connectivity index (χ0) is 24.6. The van der Waals surface area contributed by atoms with E-state index in [1.54, 1.807) is 6.07 Å². The lowest BCUT2D eigenvalue weighted by Crippen LogP contribution is -2.27. The summed E-state index contributed by atoms with van der Waals surface area (Å²) in [5.74, 6) is 0.486. The van der Waals surface area contributed by atoms with Crippen LogP contribution in [0.4, 0.5) is 0 Å². The maximum atomic E-state index is 12.9. The molecule has 2 saturated carbocycles. The van der Waals surface area contributed by atoms with Gasteiger partial charge in [-0.2, -0.15) is 0 Å². The Morgan fingerprint density at radius 1 is 1.06 bits per heavy atom. The number of hydrogen-bond acceptors (Lipinski definition) is 4. The summed E-state index contributed by atoms with van der Waals surface area (Å²) < 4.78 is 6.79. The number of carbonyl (C=O) groups is 2. The second-order valence-electron chi connectivity index (χ2n) is 10.0. The third kappa shape index (κ3) is 6.66. The van der Waals surface area contributed by atoms with Gasteiger partial charge in [-0.3, -0.25) is 9.59 Å². The van der Waals surface area contributed by atoms with Gasteiger partial charge in [-0.05, 0) is 56.2 Å². The van der Waals surface area contributed by atoms with Crippen molar-refractivity contribution in [2.24, 2.45) is 5.92 Å². The monoisotopic (exact) mass is 497 g/mol. The highest BCUT2D eigenvalue weighted by molar-refractivity contribution is 7.12. The van der Waals surface area contributed by atoms with Gasteiger partial charge in [0.15, 0.2) is 0 Å². The number of thiophene rings is 1. The molecule has 1 unspecified atom stereocenters. The molecule has 1 aromatic carbocycles. The highest BCUT2D eigenvalue weighted by atomic mass is 32.1. The Kier molecular flexibility index (Phi) is 9.25. The summed E-state index contributed by atoms with van der Waals surface area (Å²) in [6.07, 6.45) is 13.4. The van der Waals surface area contributed by atoms with Crippen LogP contribution in [0.3, 0.4) is 0 Å². The number of aryl methyl sites for hydroxylation is 1. The van der Waals surface area contributed by atoms with Gasteiger partial charge in [0.1, 0.15) is 11.9 Å². The minimum Gasteiger partial charge on any atom is -0.485 e. The summed E-state index contributed by atoms with van der Waals surface area (Å²) in [4.78, 5) is 26.7. The minimum atomic E-state index is -0.925. The molecule has 6 heteroatoms. The van der Waals surface area contributed by atoms with Crippen molar-refractivity contribution in [2.75, 3.05) is 6.54 Å². The first-order valence-electron chi connectivity index (χ1n) is 13.4. The van der Waals surface area contributed by atoms with Crippen molar-refractivity contribution in [2.45, 2.75) is 96.0 Å². The Hall–Kier alpha value is -2.34. The van der Waals surface area contributed by atoms with Gasteiger partial charge in [0.05, 0.1) is 12.0 Å². The lowest BCUT2D eigenvalue weighted by atomic mass is 9.81. The maximum Gasteiger partial charge on any atom is 0.305 e.